The second kappa shape index (κ2) is 3.32. The first-order valence-electron chi connectivity index (χ1n) is 3.81. The summed E-state index contributed by atoms with van der Waals surface area (Å²) in [5.74, 6) is 1.30. The fourth-order valence-electron chi connectivity index (χ4n) is 0.785. The summed E-state index contributed by atoms with van der Waals surface area (Å²) >= 11 is 0. The van der Waals surface area contributed by atoms with Crippen molar-refractivity contribution in [3.05, 3.63) is 18.2 Å². The Labute approximate surface area is 66.7 Å². The molecule has 0 aliphatic heterocycles. The molecule has 0 aliphatic carbocycles. The monoisotopic (exact) mass is 151 g/mol. The quantitative estimate of drug-likeness (QED) is 0.698. The second-order valence-electron chi connectivity index (χ2n) is 2.68. The number of nitrogens with two attached hydrogens (primary N) is 1. The van der Waals surface area contributed by atoms with Crippen LogP contribution in [-0.4, -0.2) is 9.97 Å². The lowest BCUT2D eigenvalue weighted by Gasteiger charge is -2.05. The molecule has 0 radical (unpaired) electrons. The van der Waals surface area contributed by atoms with Crippen LogP contribution in [0, 0.1) is 0 Å². The molecule has 0 bridgehead atoms. The predicted octanol–water partition coefficient (Wildman–Crippen LogP) is 1.57. The number of nitrogen functional groups attached to an aromatic ring is 1. The van der Waals surface area contributed by atoms with Crippen LogP contribution in [0.1, 0.15) is 32.0 Å². The number of aromatic nitrogens is 2. The molecule has 1 aromatic heterocycles. The Kier molecular flexibility index (Phi) is 2.41. The maximum Gasteiger partial charge on any atom is 0.131 e. The molecule has 0 aromatic carbocycles. The number of rotatable bonds is 2. The Bertz CT molecular complexity index is 217. The highest BCUT2D eigenvalue weighted by atomic mass is 14.9. The molecule has 0 saturated carbocycles. The molecule has 1 rings (SSSR count). The average molecular weight is 151 g/mol. The van der Waals surface area contributed by atoms with Gasteiger partial charge in [0.15, 0.2) is 0 Å². The van der Waals surface area contributed by atoms with E-state index < -0.39 is 0 Å². The van der Waals surface area contributed by atoms with E-state index in [1.54, 1.807) is 12.4 Å². The molecule has 1 atom stereocenters. The van der Waals surface area contributed by atoms with E-state index in [9.17, 15) is 0 Å². The summed E-state index contributed by atoms with van der Waals surface area (Å²) < 4.78 is 0. The van der Waals surface area contributed by atoms with E-state index in [-0.39, 0.29) is 0 Å². The minimum atomic E-state index is 0.426. The van der Waals surface area contributed by atoms with Crippen molar-refractivity contribution in [3.63, 3.8) is 0 Å². The molecule has 0 aliphatic rings. The zero-order chi connectivity index (χ0) is 8.27. The Morgan fingerprint density at radius 2 is 2.00 bits per heavy atom. The van der Waals surface area contributed by atoms with Crippen LogP contribution in [0.2, 0.25) is 0 Å². The van der Waals surface area contributed by atoms with Crippen LogP contribution in [0.25, 0.3) is 0 Å². The van der Waals surface area contributed by atoms with Gasteiger partial charge in [0.05, 0.1) is 18.1 Å². The lowest BCUT2D eigenvalue weighted by Crippen LogP contribution is -2.00. The van der Waals surface area contributed by atoms with Crippen molar-refractivity contribution in [1.29, 1.82) is 0 Å². The van der Waals surface area contributed by atoms with E-state index in [0.717, 1.165) is 12.2 Å². The van der Waals surface area contributed by atoms with E-state index in [0.29, 0.717) is 11.6 Å². The van der Waals surface area contributed by atoms with Gasteiger partial charge < -0.3 is 5.73 Å². The minimum absolute atomic E-state index is 0.426. The Morgan fingerprint density at radius 3 is 2.45 bits per heavy atom. The molecule has 1 heterocycles. The van der Waals surface area contributed by atoms with Crippen LogP contribution in [0.15, 0.2) is 12.4 Å². The summed E-state index contributed by atoms with van der Waals surface area (Å²) in [5.41, 5.74) is 6.07. The van der Waals surface area contributed by atoms with Crippen molar-refractivity contribution >= 4 is 5.69 Å². The van der Waals surface area contributed by atoms with Gasteiger partial charge in [0.1, 0.15) is 5.82 Å². The molecular formula is C8H13N3. The Morgan fingerprint density at radius 1 is 1.45 bits per heavy atom. The van der Waals surface area contributed by atoms with Gasteiger partial charge in [-0.2, -0.15) is 0 Å². The number of hydrogen-bond donors (Lipinski definition) is 1. The fourth-order valence-corrected chi connectivity index (χ4v) is 0.785. The number of hydrogen-bond acceptors (Lipinski definition) is 3. The zero-order valence-corrected chi connectivity index (χ0v) is 6.91. The molecule has 0 saturated heterocycles. The molecule has 0 unspecified atom stereocenters. The average Bonchev–Trinajstić information content (AvgIpc) is 2.05. The SMILES string of the molecule is CC[C@@H](C)c1ncc(N)cn1. The van der Waals surface area contributed by atoms with Crippen molar-refractivity contribution in [2.75, 3.05) is 5.73 Å². The third kappa shape index (κ3) is 1.90. The molecule has 0 amide bonds. The lowest BCUT2D eigenvalue weighted by atomic mass is 10.1. The van der Waals surface area contributed by atoms with Gasteiger partial charge in [0.2, 0.25) is 0 Å². The van der Waals surface area contributed by atoms with Gasteiger partial charge in [-0.1, -0.05) is 13.8 Å². The van der Waals surface area contributed by atoms with E-state index in [1.165, 1.54) is 0 Å². The molecule has 2 N–H and O–H groups in total. The zero-order valence-electron chi connectivity index (χ0n) is 6.91. The van der Waals surface area contributed by atoms with Crippen molar-refractivity contribution in [3.8, 4) is 0 Å². The van der Waals surface area contributed by atoms with Crippen LogP contribution in [0.5, 0.6) is 0 Å². The van der Waals surface area contributed by atoms with Gasteiger partial charge in [-0.3, -0.25) is 0 Å². The van der Waals surface area contributed by atoms with Crippen molar-refractivity contribution < 1.29 is 0 Å². The molecule has 3 heteroatoms. The summed E-state index contributed by atoms with van der Waals surface area (Å²) in [6, 6.07) is 0. The van der Waals surface area contributed by atoms with E-state index >= 15 is 0 Å². The highest BCUT2D eigenvalue weighted by Gasteiger charge is 2.04. The van der Waals surface area contributed by atoms with Gasteiger partial charge in [-0.25, -0.2) is 9.97 Å². The Hall–Kier alpha value is -1.12. The second-order valence-corrected chi connectivity index (χ2v) is 2.68. The summed E-state index contributed by atoms with van der Waals surface area (Å²) in [6.07, 6.45) is 4.35. The minimum Gasteiger partial charge on any atom is -0.396 e. The van der Waals surface area contributed by atoms with Crippen LogP contribution in [-0.2, 0) is 0 Å². The fraction of sp³-hybridized carbons (Fsp3) is 0.500. The molecule has 0 spiro atoms. The first-order chi connectivity index (χ1) is 5.24. The molecule has 60 valence electrons. The third-order valence-electron chi connectivity index (χ3n) is 1.74. The van der Waals surface area contributed by atoms with Crippen molar-refractivity contribution in [1.82, 2.24) is 9.97 Å². The Balaban J connectivity index is 2.81. The van der Waals surface area contributed by atoms with Gasteiger partial charge >= 0.3 is 0 Å². The van der Waals surface area contributed by atoms with E-state index in [1.807, 2.05) is 0 Å². The molecule has 1 aromatic rings. The van der Waals surface area contributed by atoms with Crippen molar-refractivity contribution in [2.24, 2.45) is 0 Å². The van der Waals surface area contributed by atoms with Gasteiger partial charge in [0, 0.05) is 5.92 Å². The molecule has 11 heavy (non-hydrogen) atoms. The first kappa shape index (κ1) is 7.98. The van der Waals surface area contributed by atoms with Crippen molar-refractivity contribution in [2.45, 2.75) is 26.2 Å². The number of nitrogens with zero attached hydrogens (tertiary/aromatic N) is 2. The topological polar surface area (TPSA) is 51.8 Å². The summed E-state index contributed by atoms with van der Waals surface area (Å²) in [5, 5.41) is 0. The van der Waals surface area contributed by atoms with Gasteiger partial charge in [-0.15, -0.1) is 0 Å². The first-order valence-corrected chi connectivity index (χ1v) is 3.81. The van der Waals surface area contributed by atoms with E-state index in [4.69, 9.17) is 5.73 Å². The van der Waals surface area contributed by atoms with Gasteiger partial charge in [0.25, 0.3) is 0 Å². The van der Waals surface area contributed by atoms with Crippen LogP contribution in [0.4, 0.5) is 5.69 Å². The number of anilines is 1. The summed E-state index contributed by atoms with van der Waals surface area (Å²) in [4.78, 5) is 8.23. The highest BCUT2D eigenvalue weighted by Crippen LogP contribution is 2.13. The smallest absolute Gasteiger partial charge is 0.131 e. The van der Waals surface area contributed by atoms with Crippen LogP contribution < -0.4 is 5.73 Å². The van der Waals surface area contributed by atoms with Gasteiger partial charge in [-0.05, 0) is 6.42 Å². The maximum atomic E-state index is 5.44. The van der Waals surface area contributed by atoms with Crippen LogP contribution >= 0.6 is 0 Å². The molecular weight excluding hydrogens is 138 g/mol. The summed E-state index contributed by atoms with van der Waals surface area (Å²) in [7, 11) is 0. The lowest BCUT2D eigenvalue weighted by molar-refractivity contribution is 0.679. The predicted molar refractivity (Wildman–Crippen MR) is 45.2 cm³/mol. The largest absolute Gasteiger partial charge is 0.396 e. The maximum absolute atomic E-state index is 5.44. The molecule has 3 nitrogen and oxygen atoms in total. The highest BCUT2D eigenvalue weighted by molar-refractivity contribution is 5.30. The van der Waals surface area contributed by atoms with Crippen LogP contribution in [0.3, 0.4) is 0 Å². The normalized spacial score (nSPS) is 12.9. The molecule has 0 fully saturated rings. The standard InChI is InChI=1S/C8H13N3/c1-3-6(2)8-10-4-7(9)5-11-8/h4-6H,3,9H2,1-2H3/t6-/m1/s1. The third-order valence-corrected chi connectivity index (χ3v) is 1.74. The summed E-state index contributed by atoms with van der Waals surface area (Å²) in [6.45, 7) is 4.22. The van der Waals surface area contributed by atoms with E-state index in [2.05, 4.69) is 23.8 Å².